The SMILES string of the molecule is Cc1ccc(C(=O)CCN(C)CC2CCCO2)cc1F. The Morgan fingerprint density at radius 1 is 1.50 bits per heavy atom. The third kappa shape index (κ3) is 4.12. The van der Waals surface area contributed by atoms with E-state index >= 15 is 0 Å². The van der Waals surface area contributed by atoms with Gasteiger partial charge in [0.25, 0.3) is 0 Å². The van der Waals surface area contributed by atoms with Crippen LogP contribution >= 0.6 is 0 Å². The van der Waals surface area contributed by atoms with Crippen LogP contribution in [-0.2, 0) is 4.74 Å². The number of hydrogen-bond donors (Lipinski definition) is 0. The zero-order chi connectivity index (χ0) is 14.5. The molecule has 0 aliphatic carbocycles. The lowest BCUT2D eigenvalue weighted by molar-refractivity contribution is 0.0778. The minimum absolute atomic E-state index is 0.0110. The molecule has 0 spiro atoms. The number of ether oxygens (including phenoxy) is 1. The van der Waals surface area contributed by atoms with Gasteiger partial charge in [0.2, 0.25) is 0 Å². The van der Waals surface area contributed by atoms with Crippen molar-refractivity contribution in [1.29, 1.82) is 0 Å². The third-order valence-electron chi connectivity index (χ3n) is 3.75. The number of ketones is 1. The van der Waals surface area contributed by atoms with E-state index in [2.05, 4.69) is 4.90 Å². The number of carbonyl (C=O) groups excluding carboxylic acids is 1. The van der Waals surface area contributed by atoms with E-state index in [9.17, 15) is 9.18 Å². The summed E-state index contributed by atoms with van der Waals surface area (Å²) in [5.74, 6) is -0.327. The number of likely N-dealkylation sites (N-methyl/N-ethyl adjacent to an activating group) is 1. The van der Waals surface area contributed by atoms with E-state index in [1.165, 1.54) is 6.07 Å². The topological polar surface area (TPSA) is 29.5 Å². The quantitative estimate of drug-likeness (QED) is 0.750. The van der Waals surface area contributed by atoms with Crippen LogP contribution in [0.25, 0.3) is 0 Å². The Bertz CT molecular complexity index is 470. The first-order valence-electron chi connectivity index (χ1n) is 7.16. The fraction of sp³-hybridized carbons (Fsp3) is 0.562. The van der Waals surface area contributed by atoms with E-state index in [1.807, 2.05) is 7.05 Å². The molecule has 2 rings (SSSR count). The molecular weight excluding hydrogens is 257 g/mol. The van der Waals surface area contributed by atoms with E-state index in [0.717, 1.165) is 26.0 Å². The van der Waals surface area contributed by atoms with Crippen LogP contribution < -0.4 is 0 Å². The summed E-state index contributed by atoms with van der Waals surface area (Å²) in [5.41, 5.74) is 1.02. The van der Waals surface area contributed by atoms with Crippen LogP contribution in [-0.4, -0.2) is 43.5 Å². The Balaban J connectivity index is 1.80. The maximum atomic E-state index is 13.4. The molecule has 110 valence electrons. The van der Waals surface area contributed by atoms with E-state index in [4.69, 9.17) is 4.74 Å². The second kappa shape index (κ2) is 6.95. The number of benzene rings is 1. The summed E-state index contributed by atoms with van der Waals surface area (Å²) in [5, 5.41) is 0. The van der Waals surface area contributed by atoms with Crippen LogP contribution in [0.2, 0.25) is 0 Å². The summed E-state index contributed by atoms with van der Waals surface area (Å²) in [6.07, 6.45) is 2.93. The minimum atomic E-state index is -0.316. The first-order valence-corrected chi connectivity index (χ1v) is 7.16. The Morgan fingerprint density at radius 3 is 2.95 bits per heavy atom. The summed E-state index contributed by atoms with van der Waals surface area (Å²) >= 11 is 0. The molecule has 0 saturated carbocycles. The van der Waals surface area contributed by atoms with Crippen molar-refractivity contribution < 1.29 is 13.9 Å². The second-order valence-corrected chi connectivity index (χ2v) is 5.53. The van der Waals surface area contributed by atoms with Gasteiger partial charge >= 0.3 is 0 Å². The van der Waals surface area contributed by atoms with Crippen LogP contribution in [0, 0.1) is 12.7 Å². The fourth-order valence-corrected chi connectivity index (χ4v) is 2.43. The molecule has 1 saturated heterocycles. The standard InChI is InChI=1S/C16H22FNO2/c1-12-5-6-13(10-15(12)17)16(19)7-8-18(2)11-14-4-3-9-20-14/h5-6,10,14H,3-4,7-9,11H2,1-2H3. The molecule has 1 atom stereocenters. The van der Waals surface area contributed by atoms with Gasteiger partial charge in [0.15, 0.2) is 5.78 Å². The molecule has 1 aromatic carbocycles. The average Bonchev–Trinajstić information content (AvgIpc) is 2.92. The molecule has 1 fully saturated rings. The van der Waals surface area contributed by atoms with Crippen molar-refractivity contribution in [2.75, 3.05) is 26.7 Å². The molecule has 1 unspecified atom stereocenters. The fourth-order valence-electron chi connectivity index (χ4n) is 2.43. The van der Waals surface area contributed by atoms with Crippen molar-refractivity contribution in [3.63, 3.8) is 0 Å². The molecule has 1 aliphatic rings. The molecule has 20 heavy (non-hydrogen) atoms. The van der Waals surface area contributed by atoms with Crippen molar-refractivity contribution >= 4 is 5.78 Å². The van der Waals surface area contributed by atoms with Gasteiger partial charge in [-0.15, -0.1) is 0 Å². The lowest BCUT2D eigenvalue weighted by atomic mass is 10.1. The molecular formula is C16H22FNO2. The van der Waals surface area contributed by atoms with Crippen LogP contribution in [0.1, 0.15) is 35.2 Å². The molecule has 0 N–H and O–H groups in total. The first kappa shape index (κ1) is 15.1. The van der Waals surface area contributed by atoms with Gasteiger partial charge in [-0.2, -0.15) is 0 Å². The van der Waals surface area contributed by atoms with Crippen LogP contribution in [0.4, 0.5) is 4.39 Å². The normalized spacial score (nSPS) is 18.7. The summed E-state index contributed by atoms with van der Waals surface area (Å²) in [6, 6.07) is 4.68. The van der Waals surface area contributed by atoms with E-state index in [1.54, 1.807) is 19.1 Å². The number of halogens is 1. The van der Waals surface area contributed by atoms with E-state index in [-0.39, 0.29) is 11.6 Å². The lowest BCUT2D eigenvalue weighted by Gasteiger charge is -2.20. The number of rotatable bonds is 6. The first-order chi connectivity index (χ1) is 9.56. The highest BCUT2D eigenvalue weighted by atomic mass is 19.1. The molecule has 1 aliphatic heterocycles. The van der Waals surface area contributed by atoms with Gasteiger partial charge in [0, 0.05) is 31.7 Å². The van der Waals surface area contributed by atoms with Gasteiger partial charge in [-0.1, -0.05) is 12.1 Å². The number of hydrogen-bond acceptors (Lipinski definition) is 3. The van der Waals surface area contributed by atoms with Gasteiger partial charge in [-0.25, -0.2) is 4.39 Å². The number of nitrogens with zero attached hydrogens (tertiary/aromatic N) is 1. The van der Waals surface area contributed by atoms with E-state index in [0.29, 0.717) is 30.2 Å². The predicted molar refractivity (Wildman–Crippen MR) is 76.6 cm³/mol. The lowest BCUT2D eigenvalue weighted by Crippen LogP contribution is -2.30. The largest absolute Gasteiger partial charge is 0.377 e. The van der Waals surface area contributed by atoms with Crippen molar-refractivity contribution in [2.24, 2.45) is 0 Å². The van der Waals surface area contributed by atoms with E-state index < -0.39 is 0 Å². The van der Waals surface area contributed by atoms with Crippen molar-refractivity contribution in [2.45, 2.75) is 32.3 Å². The molecule has 0 radical (unpaired) electrons. The maximum Gasteiger partial charge on any atom is 0.164 e. The maximum absolute atomic E-state index is 13.4. The molecule has 0 bridgehead atoms. The van der Waals surface area contributed by atoms with Crippen molar-refractivity contribution in [1.82, 2.24) is 4.90 Å². The Kier molecular flexibility index (Phi) is 5.26. The monoisotopic (exact) mass is 279 g/mol. The number of aryl methyl sites for hydroxylation is 1. The summed E-state index contributed by atoms with van der Waals surface area (Å²) < 4.78 is 19.0. The number of Topliss-reactive ketones (excluding diaryl/α,β-unsaturated/α-hetero) is 1. The minimum Gasteiger partial charge on any atom is -0.377 e. The van der Waals surface area contributed by atoms with Crippen molar-refractivity contribution in [3.8, 4) is 0 Å². The highest BCUT2D eigenvalue weighted by molar-refractivity contribution is 5.96. The Labute approximate surface area is 119 Å². The molecule has 0 aromatic heterocycles. The molecule has 3 nitrogen and oxygen atoms in total. The summed E-state index contributed by atoms with van der Waals surface area (Å²) in [7, 11) is 1.99. The molecule has 4 heteroatoms. The van der Waals surface area contributed by atoms with Gasteiger partial charge in [-0.3, -0.25) is 4.79 Å². The Hall–Kier alpha value is -1.26. The van der Waals surface area contributed by atoms with Crippen LogP contribution in [0.15, 0.2) is 18.2 Å². The van der Waals surface area contributed by atoms with Gasteiger partial charge < -0.3 is 9.64 Å². The summed E-state index contributed by atoms with van der Waals surface area (Å²) in [4.78, 5) is 14.1. The smallest absolute Gasteiger partial charge is 0.164 e. The third-order valence-corrected chi connectivity index (χ3v) is 3.75. The highest BCUT2D eigenvalue weighted by Crippen LogP contribution is 2.14. The Morgan fingerprint density at radius 2 is 2.30 bits per heavy atom. The van der Waals surface area contributed by atoms with Crippen LogP contribution in [0.3, 0.4) is 0 Å². The van der Waals surface area contributed by atoms with Crippen molar-refractivity contribution in [3.05, 3.63) is 35.1 Å². The van der Waals surface area contributed by atoms with Gasteiger partial charge in [0.1, 0.15) is 5.82 Å². The molecule has 0 amide bonds. The van der Waals surface area contributed by atoms with Gasteiger partial charge in [-0.05, 0) is 38.4 Å². The van der Waals surface area contributed by atoms with Gasteiger partial charge in [0.05, 0.1) is 6.10 Å². The zero-order valence-corrected chi connectivity index (χ0v) is 12.2. The number of carbonyl (C=O) groups is 1. The summed E-state index contributed by atoms with van der Waals surface area (Å²) in [6.45, 7) is 4.07. The molecule has 1 aromatic rings. The second-order valence-electron chi connectivity index (χ2n) is 5.53. The zero-order valence-electron chi connectivity index (χ0n) is 12.2. The average molecular weight is 279 g/mol. The highest BCUT2D eigenvalue weighted by Gasteiger charge is 2.18. The van der Waals surface area contributed by atoms with Crippen LogP contribution in [0.5, 0.6) is 0 Å². The predicted octanol–water partition coefficient (Wildman–Crippen LogP) is 2.82. The molecule has 1 heterocycles.